The van der Waals surface area contributed by atoms with Gasteiger partial charge in [0.25, 0.3) is 0 Å². The van der Waals surface area contributed by atoms with E-state index in [0.29, 0.717) is 24.5 Å². The number of aliphatic hydroxyl groups excluding tert-OH is 1. The Kier molecular flexibility index (Phi) is 4.08. The van der Waals surface area contributed by atoms with Crippen molar-refractivity contribution in [2.24, 2.45) is 23.2 Å². The molecular formula is C17H26O5. The van der Waals surface area contributed by atoms with Crippen LogP contribution in [0.5, 0.6) is 0 Å². The number of ether oxygens (including phenoxy) is 3. The number of esters is 1. The number of carbonyl (C=O) groups excluding carboxylic acids is 1. The van der Waals surface area contributed by atoms with Crippen molar-refractivity contribution in [3.63, 3.8) is 0 Å². The van der Waals surface area contributed by atoms with Crippen LogP contribution in [0.3, 0.4) is 0 Å². The van der Waals surface area contributed by atoms with Crippen LogP contribution in [0.4, 0.5) is 0 Å². The number of fused-ring (bicyclic) bond motifs is 2. The zero-order valence-corrected chi connectivity index (χ0v) is 13.6. The largest absolute Gasteiger partial charge is 0.458 e. The normalized spacial score (nSPS) is 48.4. The molecule has 0 unspecified atom stereocenters. The summed E-state index contributed by atoms with van der Waals surface area (Å²) in [6, 6.07) is 0. The van der Waals surface area contributed by atoms with Gasteiger partial charge in [-0.15, -0.1) is 0 Å². The van der Waals surface area contributed by atoms with Crippen molar-refractivity contribution < 1.29 is 24.1 Å². The number of hydrogen-bond donors (Lipinski definition) is 1. The third-order valence-corrected chi connectivity index (χ3v) is 5.81. The highest BCUT2D eigenvalue weighted by atomic mass is 16.7. The van der Waals surface area contributed by atoms with E-state index in [4.69, 9.17) is 14.2 Å². The van der Waals surface area contributed by atoms with E-state index in [1.54, 1.807) is 0 Å². The molecule has 22 heavy (non-hydrogen) atoms. The van der Waals surface area contributed by atoms with E-state index in [1.165, 1.54) is 0 Å². The van der Waals surface area contributed by atoms with Crippen LogP contribution in [0.25, 0.3) is 0 Å². The van der Waals surface area contributed by atoms with Crippen LogP contribution in [-0.2, 0) is 19.0 Å². The van der Waals surface area contributed by atoms with Gasteiger partial charge in [-0.05, 0) is 31.6 Å². The van der Waals surface area contributed by atoms with Crippen molar-refractivity contribution in [1.29, 1.82) is 0 Å². The van der Waals surface area contributed by atoms with E-state index < -0.39 is 12.6 Å². The van der Waals surface area contributed by atoms with Crippen molar-refractivity contribution in [3.05, 3.63) is 12.2 Å². The number of hydrogen-bond acceptors (Lipinski definition) is 5. The van der Waals surface area contributed by atoms with Crippen LogP contribution in [0, 0.1) is 23.2 Å². The third-order valence-electron chi connectivity index (χ3n) is 5.81. The fourth-order valence-corrected chi connectivity index (χ4v) is 4.67. The van der Waals surface area contributed by atoms with Crippen LogP contribution >= 0.6 is 0 Å². The zero-order chi connectivity index (χ0) is 16.1. The van der Waals surface area contributed by atoms with Gasteiger partial charge in [0.2, 0.25) is 0 Å². The van der Waals surface area contributed by atoms with E-state index in [9.17, 15) is 9.90 Å². The summed E-state index contributed by atoms with van der Waals surface area (Å²) < 4.78 is 17.0. The van der Waals surface area contributed by atoms with Gasteiger partial charge in [-0.1, -0.05) is 20.4 Å². The standard InChI is InChI=1S/C17H26O5/c1-5-20-16-17(4)8-11-10(3)15(19)21-13(11)6-9(2)12(17)7-14(18)22-16/h9,11-14,16,18H,3,5-8H2,1-2,4H3/t9-,11-,12+,13-,14+,16-,17-/m0/s1. The van der Waals surface area contributed by atoms with Gasteiger partial charge < -0.3 is 19.3 Å². The summed E-state index contributed by atoms with van der Waals surface area (Å²) >= 11 is 0. The molecule has 3 rings (SSSR count). The average Bonchev–Trinajstić information content (AvgIpc) is 2.64. The monoisotopic (exact) mass is 310 g/mol. The molecule has 2 saturated heterocycles. The predicted octanol–water partition coefficient (Wildman–Crippen LogP) is 2.24. The molecule has 1 saturated carbocycles. The number of aliphatic hydroxyl groups is 1. The maximum atomic E-state index is 11.9. The molecule has 3 aliphatic rings. The van der Waals surface area contributed by atoms with Gasteiger partial charge in [0, 0.05) is 29.9 Å². The minimum atomic E-state index is -0.791. The first-order valence-electron chi connectivity index (χ1n) is 8.21. The smallest absolute Gasteiger partial charge is 0.334 e. The lowest BCUT2D eigenvalue weighted by Gasteiger charge is -2.49. The predicted molar refractivity (Wildman–Crippen MR) is 79.6 cm³/mol. The Morgan fingerprint density at radius 3 is 2.86 bits per heavy atom. The molecule has 7 atom stereocenters. The second-order valence-electron chi connectivity index (χ2n) is 7.22. The molecule has 0 spiro atoms. The van der Waals surface area contributed by atoms with Crippen LogP contribution < -0.4 is 0 Å². The van der Waals surface area contributed by atoms with Crippen molar-refractivity contribution in [1.82, 2.24) is 0 Å². The van der Waals surface area contributed by atoms with E-state index in [1.807, 2.05) is 6.92 Å². The van der Waals surface area contributed by atoms with Gasteiger partial charge in [0.15, 0.2) is 12.6 Å². The molecule has 0 aromatic rings. The third kappa shape index (κ3) is 2.39. The van der Waals surface area contributed by atoms with Gasteiger partial charge in [-0.25, -0.2) is 4.79 Å². The van der Waals surface area contributed by atoms with Crippen LogP contribution in [0.15, 0.2) is 12.2 Å². The molecule has 0 aromatic heterocycles. The lowest BCUT2D eigenvalue weighted by molar-refractivity contribution is -0.318. The molecule has 2 heterocycles. The summed E-state index contributed by atoms with van der Waals surface area (Å²) in [5.41, 5.74) is 0.311. The Labute approximate surface area is 131 Å². The van der Waals surface area contributed by atoms with E-state index in [-0.39, 0.29) is 29.3 Å². The Morgan fingerprint density at radius 1 is 1.45 bits per heavy atom. The first-order chi connectivity index (χ1) is 10.4. The summed E-state index contributed by atoms with van der Waals surface area (Å²) in [5, 5.41) is 10.1. The summed E-state index contributed by atoms with van der Waals surface area (Å²) in [4.78, 5) is 11.9. The minimum Gasteiger partial charge on any atom is -0.458 e. The molecule has 1 N–H and O–H groups in total. The molecule has 5 nitrogen and oxygen atoms in total. The van der Waals surface area contributed by atoms with Gasteiger partial charge in [-0.3, -0.25) is 0 Å². The number of rotatable bonds is 2. The maximum absolute atomic E-state index is 11.9. The van der Waals surface area contributed by atoms with Crippen molar-refractivity contribution >= 4 is 5.97 Å². The Hall–Kier alpha value is -0.910. The van der Waals surface area contributed by atoms with E-state index in [0.717, 1.165) is 12.8 Å². The summed E-state index contributed by atoms with van der Waals surface area (Å²) in [7, 11) is 0. The molecule has 5 heteroatoms. The summed E-state index contributed by atoms with van der Waals surface area (Å²) in [5.74, 6) is 0.339. The molecule has 3 fully saturated rings. The molecular weight excluding hydrogens is 284 g/mol. The molecule has 1 aliphatic carbocycles. The van der Waals surface area contributed by atoms with Crippen LogP contribution in [0.2, 0.25) is 0 Å². The fourth-order valence-electron chi connectivity index (χ4n) is 4.67. The van der Waals surface area contributed by atoms with Gasteiger partial charge in [0.05, 0.1) is 0 Å². The molecule has 2 aliphatic heterocycles. The zero-order valence-electron chi connectivity index (χ0n) is 13.6. The second-order valence-corrected chi connectivity index (χ2v) is 7.22. The fraction of sp³-hybridized carbons (Fsp3) is 0.824. The van der Waals surface area contributed by atoms with Crippen molar-refractivity contribution in [2.75, 3.05) is 6.61 Å². The summed E-state index contributed by atoms with van der Waals surface area (Å²) in [6.45, 7) is 10.7. The van der Waals surface area contributed by atoms with Gasteiger partial charge in [0.1, 0.15) is 6.10 Å². The maximum Gasteiger partial charge on any atom is 0.334 e. The highest BCUT2D eigenvalue weighted by Gasteiger charge is 2.56. The molecule has 124 valence electrons. The first-order valence-corrected chi connectivity index (χ1v) is 8.21. The van der Waals surface area contributed by atoms with E-state index >= 15 is 0 Å². The molecule has 0 radical (unpaired) electrons. The highest BCUT2D eigenvalue weighted by Crippen LogP contribution is 2.55. The Morgan fingerprint density at radius 2 is 2.18 bits per heavy atom. The minimum absolute atomic E-state index is 0.0201. The average molecular weight is 310 g/mol. The number of carbonyl (C=O) groups is 1. The van der Waals surface area contributed by atoms with Crippen molar-refractivity contribution in [3.8, 4) is 0 Å². The second kappa shape index (κ2) is 5.62. The Balaban J connectivity index is 1.95. The molecule has 0 amide bonds. The lowest BCUT2D eigenvalue weighted by Crippen LogP contribution is -2.52. The quantitative estimate of drug-likeness (QED) is 0.626. The van der Waals surface area contributed by atoms with E-state index in [2.05, 4.69) is 20.4 Å². The molecule has 0 bridgehead atoms. The topological polar surface area (TPSA) is 65.0 Å². The highest BCUT2D eigenvalue weighted by molar-refractivity contribution is 5.90. The Bertz CT molecular complexity index is 476. The SMILES string of the molecule is C=C1C(=O)O[C@H]2C[C@H](C)[C@H]3C[C@H](O)O[C@H](OCC)[C@@]3(C)C[C@@H]12. The lowest BCUT2D eigenvalue weighted by atomic mass is 9.65. The van der Waals surface area contributed by atoms with Gasteiger partial charge in [-0.2, -0.15) is 0 Å². The van der Waals surface area contributed by atoms with Gasteiger partial charge >= 0.3 is 5.97 Å². The van der Waals surface area contributed by atoms with Crippen LogP contribution in [0.1, 0.15) is 40.0 Å². The first kappa shape index (κ1) is 16.0. The molecule has 0 aromatic carbocycles. The summed E-state index contributed by atoms with van der Waals surface area (Å²) in [6.07, 6.45) is 0.797. The van der Waals surface area contributed by atoms with Crippen molar-refractivity contribution in [2.45, 2.75) is 58.7 Å². The van der Waals surface area contributed by atoms with Crippen LogP contribution in [-0.4, -0.2) is 36.4 Å².